The molecule has 2 unspecified atom stereocenters. The molecular formula is C18H18N2S. The number of hydrogen-bond acceptors (Lipinski definition) is 3. The van der Waals surface area contributed by atoms with E-state index in [0.29, 0.717) is 6.04 Å². The number of hydrogen-bond donors (Lipinski definition) is 1. The molecule has 0 saturated heterocycles. The Kier molecular flexibility index (Phi) is 4.43. The summed E-state index contributed by atoms with van der Waals surface area (Å²) in [7, 11) is 0. The van der Waals surface area contributed by atoms with Crippen LogP contribution in [-0.4, -0.2) is 4.98 Å². The number of aromatic nitrogens is 1. The second-order valence-corrected chi connectivity index (χ2v) is 5.85. The molecule has 106 valence electrons. The maximum Gasteiger partial charge on any atom is 0.0582 e. The largest absolute Gasteiger partial charge is 0.300 e. The third-order valence-electron chi connectivity index (χ3n) is 3.63. The second-order valence-electron chi connectivity index (χ2n) is 5.07. The van der Waals surface area contributed by atoms with Crippen LogP contribution in [0.5, 0.6) is 0 Å². The topological polar surface area (TPSA) is 24.9 Å². The van der Waals surface area contributed by atoms with Gasteiger partial charge in [-0.15, -0.1) is 0 Å². The molecule has 0 bridgehead atoms. The van der Waals surface area contributed by atoms with Gasteiger partial charge in [0.15, 0.2) is 0 Å². The van der Waals surface area contributed by atoms with E-state index in [2.05, 4.69) is 76.5 Å². The Balaban J connectivity index is 1.90. The molecule has 3 aromatic rings. The molecule has 0 fully saturated rings. The van der Waals surface area contributed by atoms with Gasteiger partial charge in [-0.25, -0.2) is 0 Å². The van der Waals surface area contributed by atoms with Crippen molar-refractivity contribution in [1.82, 2.24) is 10.3 Å². The quantitative estimate of drug-likeness (QED) is 0.745. The summed E-state index contributed by atoms with van der Waals surface area (Å²) in [5.74, 6) is 0. The van der Waals surface area contributed by atoms with Gasteiger partial charge in [0.1, 0.15) is 0 Å². The van der Waals surface area contributed by atoms with Crippen molar-refractivity contribution in [1.29, 1.82) is 0 Å². The van der Waals surface area contributed by atoms with Gasteiger partial charge in [0.2, 0.25) is 0 Å². The highest BCUT2D eigenvalue weighted by Gasteiger charge is 2.17. The van der Waals surface area contributed by atoms with E-state index in [9.17, 15) is 0 Å². The maximum atomic E-state index is 4.12. The highest BCUT2D eigenvalue weighted by Crippen LogP contribution is 2.26. The Morgan fingerprint density at radius 1 is 0.905 bits per heavy atom. The number of nitrogens with zero attached hydrogens (tertiary/aromatic N) is 1. The summed E-state index contributed by atoms with van der Waals surface area (Å²) in [5, 5.41) is 8.05. The summed E-state index contributed by atoms with van der Waals surface area (Å²) in [5.41, 5.74) is 3.83. The molecule has 2 aromatic heterocycles. The van der Waals surface area contributed by atoms with Crippen molar-refractivity contribution < 1.29 is 0 Å². The number of thiophene rings is 1. The molecule has 0 spiro atoms. The highest BCUT2D eigenvalue weighted by atomic mass is 32.1. The van der Waals surface area contributed by atoms with Crippen LogP contribution in [0.15, 0.2) is 71.7 Å². The van der Waals surface area contributed by atoms with Gasteiger partial charge in [0.05, 0.1) is 6.04 Å². The van der Waals surface area contributed by atoms with E-state index in [1.165, 1.54) is 16.7 Å². The first-order valence-corrected chi connectivity index (χ1v) is 8.02. The monoisotopic (exact) mass is 294 g/mol. The zero-order chi connectivity index (χ0) is 14.5. The minimum Gasteiger partial charge on any atom is -0.300 e. The molecule has 2 nitrogen and oxygen atoms in total. The Labute approximate surface area is 129 Å². The smallest absolute Gasteiger partial charge is 0.0582 e. The SMILES string of the molecule is CC(NC(c1ccccc1)c1ccncc1)c1ccsc1. The van der Waals surface area contributed by atoms with Crippen molar-refractivity contribution >= 4 is 11.3 Å². The third-order valence-corrected chi connectivity index (χ3v) is 4.33. The van der Waals surface area contributed by atoms with Crippen molar-refractivity contribution in [2.75, 3.05) is 0 Å². The van der Waals surface area contributed by atoms with Crippen LogP contribution in [0.3, 0.4) is 0 Å². The summed E-state index contributed by atoms with van der Waals surface area (Å²) in [4.78, 5) is 4.12. The molecule has 1 N–H and O–H groups in total. The fourth-order valence-electron chi connectivity index (χ4n) is 2.45. The van der Waals surface area contributed by atoms with Gasteiger partial charge in [-0.1, -0.05) is 30.3 Å². The lowest BCUT2D eigenvalue weighted by Crippen LogP contribution is -2.25. The van der Waals surface area contributed by atoms with Gasteiger partial charge in [-0.2, -0.15) is 11.3 Å². The average molecular weight is 294 g/mol. The number of benzene rings is 1. The van der Waals surface area contributed by atoms with E-state index in [0.717, 1.165) is 0 Å². The van der Waals surface area contributed by atoms with Crippen LogP contribution in [0.1, 0.15) is 35.7 Å². The lowest BCUT2D eigenvalue weighted by Gasteiger charge is -2.24. The van der Waals surface area contributed by atoms with E-state index in [1.54, 1.807) is 11.3 Å². The van der Waals surface area contributed by atoms with Crippen LogP contribution in [0, 0.1) is 0 Å². The fourth-order valence-corrected chi connectivity index (χ4v) is 3.21. The van der Waals surface area contributed by atoms with Crippen LogP contribution in [0.4, 0.5) is 0 Å². The van der Waals surface area contributed by atoms with Gasteiger partial charge in [0.25, 0.3) is 0 Å². The fraction of sp³-hybridized carbons (Fsp3) is 0.167. The Morgan fingerprint density at radius 3 is 2.29 bits per heavy atom. The molecule has 0 aliphatic heterocycles. The number of rotatable bonds is 5. The Bertz CT molecular complexity index is 611. The first kappa shape index (κ1) is 14.0. The van der Waals surface area contributed by atoms with Crippen molar-refractivity contribution in [3.63, 3.8) is 0 Å². The third kappa shape index (κ3) is 3.38. The van der Waals surface area contributed by atoms with Crippen molar-refractivity contribution in [3.05, 3.63) is 88.4 Å². The standard InChI is InChI=1S/C18H18N2S/c1-14(17-9-12-21-13-17)20-18(15-5-3-2-4-6-15)16-7-10-19-11-8-16/h2-14,18,20H,1H3. The van der Waals surface area contributed by atoms with E-state index in [1.807, 2.05) is 12.4 Å². The first-order chi connectivity index (χ1) is 10.3. The molecule has 2 atom stereocenters. The molecule has 0 radical (unpaired) electrons. The van der Waals surface area contributed by atoms with Crippen LogP contribution in [-0.2, 0) is 0 Å². The molecule has 0 saturated carbocycles. The van der Waals surface area contributed by atoms with Gasteiger partial charge in [-0.3, -0.25) is 10.3 Å². The molecule has 0 aliphatic rings. The van der Waals surface area contributed by atoms with Gasteiger partial charge >= 0.3 is 0 Å². The lowest BCUT2D eigenvalue weighted by atomic mass is 9.98. The maximum absolute atomic E-state index is 4.12. The van der Waals surface area contributed by atoms with Gasteiger partial charge in [-0.05, 0) is 52.6 Å². The summed E-state index contributed by atoms with van der Waals surface area (Å²) in [6.45, 7) is 2.21. The predicted molar refractivity (Wildman–Crippen MR) is 88.4 cm³/mol. The summed E-state index contributed by atoms with van der Waals surface area (Å²) in [6.07, 6.45) is 3.70. The highest BCUT2D eigenvalue weighted by molar-refractivity contribution is 7.07. The van der Waals surface area contributed by atoms with Gasteiger partial charge < -0.3 is 0 Å². The molecule has 0 aliphatic carbocycles. The molecular weight excluding hydrogens is 276 g/mol. The average Bonchev–Trinajstić information content (AvgIpc) is 3.09. The summed E-state index contributed by atoms with van der Waals surface area (Å²) in [6, 6.07) is 17.3. The minimum atomic E-state index is 0.170. The van der Waals surface area contributed by atoms with Crippen molar-refractivity contribution in [3.8, 4) is 0 Å². The lowest BCUT2D eigenvalue weighted by molar-refractivity contribution is 0.517. The number of nitrogens with one attached hydrogen (secondary N) is 1. The Morgan fingerprint density at radius 2 is 1.62 bits per heavy atom. The number of pyridine rings is 1. The summed E-state index contributed by atoms with van der Waals surface area (Å²) < 4.78 is 0. The first-order valence-electron chi connectivity index (χ1n) is 7.07. The van der Waals surface area contributed by atoms with E-state index >= 15 is 0 Å². The molecule has 2 heterocycles. The van der Waals surface area contributed by atoms with Crippen molar-refractivity contribution in [2.24, 2.45) is 0 Å². The zero-order valence-corrected chi connectivity index (χ0v) is 12.8. The van der Waals surface area contributed by atoms with E-state index < -0.39 is 0 Å². The van der Waals surface area contributed by atoms with Crippen LogP contribution in [0.2, 0.25) is 0 Å². The molecule has 3 heteroatoms. The second kappa shape index (κ2) is 6.66. The predicted octanol–water partition coefficient (Wildman–Crippen LogP) is 4.58. The van der Waals surface area contributed by atoms with E-state index in [4.69, 9.17) is 0 Å². The van der Waals surface area contributed by atoms with Gasteiger partial charge in [0, 0.05) is 18.4 Å². The molecule has 3 rings (SSSR count). The molecule has 21 heavy (non-hydrogen) atoms. The summed E-state index contributed by atoms with van der Waals surface area (Å²) >= 11 is 1.74. The van der Waals surface area contributed by atoms with Crippen LogP contribution >= 0.6 is 11.3 Å². The van der Waals surface area contributed by atoms with Crippen LogP contribution in [0.25, 0.3) is 0 Å². The zero-order valence-electron chi connectivity index (χ0n) is 11.9. The van der Waals surface area contributed by atoms with Crippen LogP contribution < -0.4 is 5.32 Å². The minimum absolute atomic E-state index is 0.170. The van der Waals surface area contributed by atoms with Crippen molar-refractivity contribution in [2.45, 2.75) is 19.0 Å². The van der Waals surface area contributed by atoms with E-state index in [-0.39, 0.29) is 6.04 Å². The normalized spacial score (nSPS) is 13.8. The molecule has 1 aromatic carbocycles. The Hall–Kier alpha value is -1.97. The molecule has 0 amide bonds.